The highest BCUT2D eigenvalue weighted by molar-refractivity contribution is 5.94. The first-order valence-electron chi connectivity index (χ1n) is 7.65. The molecule has 0 aliphatic heterocycles. The number of nitro groups is 1. The number of nitrogens with zero attached hydrogens (tertiary/aromatic N) is 2. The number of esters is 1. The normalized spacial score (nSPS) is 10.9. The van der Waals surface area contributed by atoms with Crippen LogP contribution < -0.4 is 10.7 Å². The molecule has 0 bridgehead atoms. The summed E-state index contributed by atoms with van der Waals surface area (Å²) in [4.78, 5) is 22.1. The molecule has 0 heterocycles. The van der Waals surface area contributed by atoms with Crippen LogP contribution in [0, 0.1) is 10.1 Å². The molecule has 0 saturated heterocycles. The van der Waals surface area contributed by atoms with Crippen LogP contribution in [-0.2, 0) is 14.3 Å². The summed E-state index contributed by atoms with van der Waals surface area (Å²) >= 11 is 0. The van der Waals surface area contributed by atoms with Crippen LogP contribution in [0.2, 0.25) is 0 Å². The molecule has 1 aromatic rings. The zero-order valence-corrected chi connectivity index (χ0v) is 14.0. The van der Waals surface area contributed by atoms with Gasteiger partial charge in [0.2, 0.25) is 5.90 Å². The number of hydrogen-bond acceptors (Lipinski definition) is 8. The van der Waals surface area contributed by atoms with Crippen LogP contribution in [0.1, 0.15) is 27.2 Å². The molecule has 1 rings (SSSR count). The Morgan fingerprint density at radius 2 is 1.96 bits per heavy atom. The van der Waals surface area contributed by atoms with E-state index in [0.717, 1.165) is 0 Å². The molecule has 0 fully saturated rings. The third kappa shape index (κ3) is 6.11. The second-order valence-electron chi connectivity index (χ2n) is 4.55. The van der Waals surface area contributed by atoms with E-state index < -0.39 is 10.9 Å². The van der Waals surface area contributed by atoms with E-state index in [1.54, 1.807) is 26.0 Å². The average molecular weight is 338 g/mol. The number of carbonyl (C=O) groups excluding carboxylic acids is 1. The number of hydrogen-bond donors (Lipinski definition) is 2. The summed E-state index contributed by atoms with van der Waals surface area (Å²) in [6.45, 7) is 6.59. The van der Waals surface area contributed by atoms with Gasteiger partial charge in [-0.25, -0.2) is 0 Å². The summed E-state index contributed by atoms with van der Waals surface area (Å²) < 4.78 is 10.1. The lowest BCUT2D eigenvalue weighted by Gasteiger charge is -2.10. The molecule has 1 aromatic carbocycles. The fourth-order valence-electron chi connectivity index (χ4n) is 1.85. The number of hydrazone groups is 1. The zero-order chi connectivity index (χ0) is 17.9. The van der Waals surface area contributed by atoms with Crippen molar-refractivity contribution in [1.29, 1.82) is 0 Å². The minimum absolute atomic E-state index is 0.0964. The van der Waals surface area contributed by atoms with Crippen molar-refractivity contribution in [3.8, 4) is 0 Å². The van der Waals surface area contributed by atoms with E-state index in [1.807, 2.05) is 6.92 Å². The van der Waals surface area contributed by atoms with Gasteiger partial charge in [-0.2, -0.15) is 0 Å². The summed E-state index contributed by atoms with van der Waals surface area (Å²) in [7, 11) is 0. The molecular formula is C15H22N4O5. The molecule has 0 unspecified atom stereocenters. The second kappa shape index (κ2) is 10.0. The molecular weight excluding hydrogens is 316 g/mol. The molecule has 9 heteroatoms. The molecule has 24 heavy (non-hydrogen) atoms. The van der Waals surface area contributed by atoms with E-state index in [9.17, 15) is 14.9 Å². The number of carbonyl (C=O) groups is 1. The number of benzene rings is 1. The van der Waals surface area contributed by atoms with Gasteiger partial charge in [0.05, 0.1) is 18.1 Å². The van der Waals surface area contributed by atoms with Crippen molar-refractivity contribution in [3.63, 3.8) is 0 Å². The molecule has 0 aliphatic rings. The van der Waals surface area contributed by atoms with Crippen molar-refractivity contribution in [2.24, 2.45) is 5.10 Å². The number of rotatable bonds is 9. The lowest BCUT2D eigenvalue weighted by molar-refractivity contribution is -0.383. The van der Waals surface area contributed by atoms with Crippen molar-refractivity contribution >= 4 is 28.9 Å². The van der Waals surface area contributed by atoms with Gasteiger partial charge in [-0.15, -0.1) is 5.10 Å². The Balaban J connectivity index is 2.99. The van der Waals surface area contributed by atoms with Gasteiger partial charge in [0, 0.05) is 18.3 Å². The Bertz CT molecular complexity index is 604. The lowest BCUT2D eigenvalue weighted by atomic mass is 10.2. The monoisotopic (exact) mass is 338 g/mol. The van der Waals surface area contributed by atoms with Crippen LogP contribution in [0.25, 0.3) is 0 Å². The molecule has 0 radical (unpaired) electrons. The smallest absolute Gasteiger partial charge is 0.315 e. The summed E-state index contributed by atoms with van der Waals surface area (Å²) in [5.74, 6) is -0.387. The molecule has 132 valence electrons. The number of anilines is 2. The summed E-state index contributed by atoms with van der Waals surface area (Å²) in [6.07, 6.45) is -0.157. The fraction of sp³-hybridized carbons (Fsp3) is 0.467. The van der Waals surface area contributed by atoms with Crippen LogP contribution >= 0.6 is 0 Å². The summed E-state index contributed by atoms with van der Waals surface area (Å²) in [5.41, 5.74) is 3.37. The van der Waals surface area contributed by atoms with E-state index in [0.29, 0.717) is 18.8 Å². The first-order chi connectivity index (χ1) is 11.5. The van der Waals surface area contributed by atoms with Crippen LogP contribution in [0.15, 0.2) is 23.3 Å². The van der Waals surface area contributed by atoms with Gasteiger partial charge in [-0.05, 0) is 32.9 Å². The quantitative estimate of drug-likeness (QED) is 0.234. The largest absolute Gasteiger partial charge is 0.480 e. The maximum atomic E-state index is 11.5. The Labute approximate surface area is 140 Å². The summed E-state index contributed by atoms with van der Waals surface area (Å²) in [6, 6.07) is 4.55. The van der Waals surface area contributed by atoms with Crippen LogP contribution in [0.3, 0.4) is 0 Å². The van der Waals surface area contributed by atoms with E-state index in [1.165, 1.54) is 6.07 Å². The molecule has 0 aliphatic carbocycles. The molecule has 2 N–H and O–H groups in total. The van der Waals surface area contributed by atoms with Crippen LogP contribution in [0.4, 0.5) is 17.1 Å². The predicted molar refractivity (Wildman–Crippen MR) is 91.2 cm³/mol. The maximum Gasteiger partial charge on any atom is 0.315 e. The highest BCUT2D eigenvalue weighted by Crippen LogP contribution is 2.27. The third-order valence-electron chi connectivity index (χ3n) is 2.79. The van der Waals surface area contributed by atoms with Crippen LogP contribution in [0.5, 0.6) is 0 Å². The van der Waals surface area contributed by atoms with Crippen molar-refractivity contribution in [2.45, 2.75) is 27.2 Å². The molecule has 0 spiro atoms. The van der Waals surface area contributed by atoms with E-state index >= 15 is 0 Å². The molecule has 0 amide bonds. The topological polar surface area (TPSA) is 115 Å². The highest BCUT2D eigenvalue weighted by atomic mass is 16.6. The zero-order valence-electron chi connectivity index (χ0n) is 14.0. The highest BCUT2D eigenvalue weighted by Gasteiger charge is 2.15. The van der Waals surface area contributed by atoms with Gasteiger partial charge in [0.1, 0.15) is 12.1 Å². The summed E-state index contributed by atoms with van der Waals surface area (Å²) in [5, 5.41) is 18.1. The van der Waals surface area contributed by atoms with Gasteiger partial charge in [-0.3, -0.25) is 20.3 Å². The molecule has 0 aromatic heterocycles. The Morgan fingerprint density at radius 1 is 1.25 bits per heavy atom. The maximum absolute atomic E-state index is 11.5. The molecule has 9 nitrogen and oxygen atoms in total. The van der Waals surface area contributed by atoms with Crippen molar-refractivity contribution in [3.05, 3.63) is 28.3 Å². The minimum Gasteiger partial charge on any atom is -0.480 e. The number of nitrogens with one attached hydrogen (secondary N) is 2. The van der Waals surface area contributed by atoms with Crippen molar-refractivity contribution in [1.82, 2.24) is 0 Å². The van der Waals surface area contributed by atoms with Crippen LogP contribution in [-0.4, -0.2) is 36.5 Å². The number of ether oxygens (including phenoxy) is 2. The van der Waals surface area contributed by atoms with Gasteiger partial charge in [0.25, 0.3) is 5.69 Å². The van der Waals surface area contributed by atoms with Gasteiger partial charge in [-0.1, -0.05) is 0 Å². The molecule has 0 atom stereocenters. The van der Waals surface area contributed by atoms with Crippen molar-refractivity contribution < 1.29 is 19.2 Å². The standard InChI is InChI=1S/C15H22N4O5/c1-4-16-11-7-8-13(19(21)22)12(9-11)17-18-14(23-5-2)10-15(20)24-6-3/h7-9,16-17H,4-6,10H2,1-3H3/b18-14-. The molecule has 0 saturated carbocycles. The van der Waals surface area contributed by atoms with E-state index in [4.69, 9.17) is 9.47 Å². The van der Waals surface area contributed by atoms with E-state index in [-0.39, 0.29) is 30.3 Å². The van der Waals surface area contributed by atoms with Gasteiger partial charge >= 0.3 is 5.97 Å². The predicted octanol–water partition coefficient (Wildman–Crippen LogP) is 2.74. The van der Waals surface area contributed by atoms with Crippen molar-refractivity contribution in [2.75, 3.05) is 30.5 Å². The SMILES string of the molecule is CCNc1ccc([N+](=O)[O-])c(N/N=C(/CC(=O)OCC)OCC)c1. The average Bonchev–Trinajstić information content (AvgIpc) is 2.53. The Hall–Kier alpha value is -2.84. The van der Waals surface area contributed by atoms with Gasteiger partial charge in [0.15, 0.2) is 0 Å². The third-order valence-corrected chi connectivity index (χ3v) is 2.79. The Morgan fingerprint density at radius 3 is 2.54 bits per heavy atom. The second-order valence-corrected chi connectivity index (χ2v) is 4.55. The first-order valence-corrected chi connectivity index (χ1v) is 7.65. The lowest BCUT2D eigenvalue weighted by Crippen LogP contribution is -2.15. The fourth-order valence-corrected chi connectivity index (χ4v) is 1.85. The minimum atomic E-state index is -0.515. The van der Waals surface area contributed by atoms with Gasteiger partial charge < -0.3 is 14.8 Å². The Kier molecular flexibility index (Phi) is 8.03. The first kappa shape index (κ1) is 19.2. The van der Waals surface area contributed by atoms with E-state index in [2.05, 4.69) is 15.8 Å². The number of nitro benzene ring substituents is 1.